The Kier molecular flexibility index (Phi) is 38.1. The second-order valence-corrected chi connectivity index (χ2v) is 3.37. The summed E-state index contributed by atoms with van der Waals surface area (Å²) in [6, 6.07) is 0. The first-order chi connectivity index (χ1) is 7.83. The van der Waals surface area contributed by atoms with Crippen LogP contribution in [-0.2, 0) is 77.1 Å². The normalized spacial score (nSPS) is 7.56. The van der Waals surface area contributed by atoms with E-state index in [1.165, 1.54) is 0 Å². The van der Waals surface area contributed by atoms with Crippen LogP contribution in [0.4, 0.5) is 0 Å². The van der Waals surface area contributed by atoms with Crippen LogP contribution in [0.25, 0.3) is 0 Å². The van der Waals surface area contributed by atoms with Gasteiger partial charge >= 0.3 is 72.3 Å². The van der Waals surface area contributed by atoms with Crippen molar-refractivity contribution in [2.24, 2.45) is 0 Å². The zero-order valence-corrected chi connectivity index (χ0v) is 12.7. The van der Waals surface area contributed by atoms with Gasteiger partial charge in [0.1, 0.15) is 6.79 Å². The zero-order valence-electron chi connectivity index (χ0n) is 7.99. The van der Waals surface area contributed by atoms with Crippen molar-refractivity contribution in [1.29, 1.82) is 0 Å². The molecule has 0 rings (SSSR count). The van der Waals surface area contributed by atoms with Crippen molar-refractivity contribution in [3.8, 4) is 0 Å². The number of hydrogen-bond donors (Lipinski definition) is 4. The van der Waals surface area contributed by atoms with Crippen LogP contribution in [-0.4, -0.2) is 41.8 Å². The van der Waals surface area contributed by atoms with Crippen LogP contribution in [0.2, 0.25) is 0 Å². The van der Waals surface area contributed by atoms with Crippen LogP contribution < -0.4 is 0 Å². The fourth-order valence-corrected chi connectivity index (χ4v) is 0. The monoisotopic (exact) mass is 386 g/mol. The van der Waals surface area contributed by atoms with Crippen LogP contribution in [0.15, 0.2) is 0 Å². The summed E-state index contributed by atoms with van der Waals surface area (Å²) in [7, 11) is -9.33. The molecular formula is CH6O13S2Ti2. The van der Waals surface area contributed by atoms with E-state index < -0.39 is 59.0 Å². The second kappa shape index (κ2) is 22.2. The molecule has 0 saturated carbocycles. The first-order valence-electron chi connectivity index (χ1n) is 2.50. The molecule has 0 aromatic carbocycles. The average molecular weight is 386 g/mol. The van der Waals surface area contributed by atoms with Crippen molar-refractivity contribution < 1.29 is 91.3 Å². The Morgan fingerprint density at radius 1 is 0.611 bits per heavy atom. The van der Waals surface area contributed by atoms with E-state index in [2.05, 4.69) is 0 Å². The Balaban J connectivity index is -0.0000000409. The van der Waals surface area contributed by atoms with Crippen LogP contribution in [0.1, 0.15) is 0 Å². The number of carbonyl (C=O) groups excluding carboxylic acids is 1. The van der Waals surface area contributed by atoms with Crippen molar-refractivity contribution in [2.45, 2.75) is 0 Å². The maximum atomic E-state index is 8.74. The number of rotatable bonds is 0. The SMILES string of the molecule is C=O.O=S(=O)(O)O.O=S(=O)(O)O.[O]=[Ti]=[O].[O]=[Ti]=[O]. The van der Waals surface area contributed by atoms with Gasteiger partial charge in [-0.05, 0) is 0 Å². The van der Waals surface area contributed by atoms with Gasteiger partial charge in [-0.2, -0.15) is 16.8 Å². The van der Waals surface area contributed by atoms with Crippen LogP contribution in [0.3, 0.4) is 0 Å². The standard InChI is InChI=1S/CH2O.2H2O4S.4O.2Ti/c1-2;2*1-5(2,3)4;;;;;;/h1H2;2*(H2,1,2,3,4);;;;;;. The molecule has 0 aliphatic carbocycles. The van der Waals surface area contributed by atoms with Crippen LogP contribution in [0, 0.1) is 0 Å². The van der Waals surface area contributed by atoms with E-state index in [1.807, 2.05) is 6.79 Å². The van der Waals surface area contributed by atoms with E-state index in [4.69, 9.17) is 53.1 Å². The van der Waals surface area contributed by atoms with Crippen molar-refractivity contribution >= 4 is 27.6 Å². The molecule has 18 heavy (non-hydrogen) atoms. The van der Waals surface area contributed by atoms with Gasteiger partial charge in [-0.15, -0.1) is 0 Å². The quantitative estimate of drug-likeness (QED) is 0.261. The third-order valence-corrected chi connectivity index (χ3v) is 0. The van der Waals surface area contributed by atoms with Gasteiger partial charge in [0.05, 0.1) is 0 Å². The Morgan fingerprint density at radius 3 is 0.611 bits per heavy atom. The molecule has 0 amide bonds. The summed E-state index contributed by atoms with van der Waals surface area (Å²) in [5, 5.41) is 0. The molecule has 0 radical (unpaired) electrons. The minimum absolute atomic E-state index is 2.00. The van der Waals surface area contributed by atoms with Gasteiger partial charge in [0.15, 0.2) is 0 Å². The molecule has 0 aromatic rings. The third kappa shape index (κ3) is 2440000. The van der Waals surface area contributed by atoms with Crippen LogP contribution >= 0.6 is 0 Å². The van der Waals surface area contributed by atoms with Crippen LogP contribution in [0.5, 0.6) is 0 Å². The summed E-state index contributed by atoms with van der Waals surface area (Å²) in [5.74, 6) is 0. The first-order valence-corrected chi connectivity index (χ1v) is 7.85. The van der Waals surface area contributed by atoms with E-state index >= 15 is 0 Å². The molecule has 0 aliphatic rings. The molecule has 0 bridgehead atoms. The zero-order chi connectivity index (χ0) is 16.4. The molecule has 13 nitrogen and oxygen atoms in total. The molecule has 0 spiro atoms. The van der Waals surface area contributed by atoms with Gasteiger partial charge in [-0.25, -0.2) is 0 Å². The fraction of sp³-hybridized carbons (Fsp3) is 0. The second-order valence-electron chi connectivity index (χ2n) is 1.06. The molecule has 4 N–H and O–H groups in total. The van der Waals surface area contributed by atoms with Gasteiger partial charge in [-0.1, -0.05) is 0 Å². The Bertz CT molecular complexity index is 360. The Labute approximate surface area is 118 Å². The summed E-state index contributed by atoms with van der Waals surface area (Å²) >= 11 is -4.00. The van der Waals surface area contributed by atoms with E-state index in [0.29, 0.717) is 0 Å². The molecular weight excluding hydrogens is 380 g/mol. The Morgan fingerprint density at radius 2 is 0.611 bits per heavy atom. The van der Waals surface area contributed by atoms with Crippen molar-refractivity contribution in [1.82, 2.24) is 0 Å². The molecule has 0 aromatic heterocycles. The van der Waals surface area contributed by atoms with Crippen molar-refractivity contribution in [3.05, 3.63) is 0 Å². The Hall–Kier alpha value is 0.0386. The summed E-state index contributed by atoms with van der Waals surface area (Å²) < 4.78 is 97.2. The minimum atomic E-state index is -4.67. The van der Waals surface area contributed by atoms with Gasteiger partial charge < -0.3 is 4.79 Å². The average Bonchev–Trinajstić information content (AvgIpc) is 2.03. The summed E-state index contributed by atoms with van der Waals surface area (Å²) in [6.45, 7) is 2.00. The number of carbonyl (C=O) groups is 1. The molecule has 0 heterocycles. The van der Waals surface area contributed by atoms with Gasteiger partial charge in [0, 0.05) is 0 Å². The summed E-state index contributed by atoms with van der Waals surface area (Å²) in [4.78, 5) is 8.00. The van der Waals surface area contributed by atoms with E-state index in [1.54, 1.807) is 0 Å². The predicted octanol–water partition coefficient (Wildman–Crippen LogP) is -1.97. The van der Waals surface area contributed by atoms with Crippen molar-refractivity contribution in [3.63, 3.8) is 0 Å². The molecule has 0 fully saturated rings. The van der Waals surface area contributed by atoms with Gasteiger partial charge in [0.2, 0.25) is 0 Å². The predicted molar refractivity (Wildman–Crippen MR) is 38.2 cm³/mol. The molecule has 108 valence electrons. The molecule has 17 heteroatoms. The fourth-order valence-electron chi connectivity index (χ4n) is 0. The van der Waals surface area contributed by atoms with E-state index in [9.17, 15) is 0 Å². The summed E-state index contributed by atoms with van der Waals surface area (Å²) in [6.07, 6.45) is 0. The molecule has 0 aliphatic heterocycles. The maximum absolute atomic E-state index is 8.74. The van der Waals surface area contributed by atoms with E-state index in [-0.39, 0.29) is 0 Å². The molecule has 0 saturated heterocycles. The third-order valence-electron chi connectivity index (χ3n) is 0. The first kappa shape index (κ1) is 30.8. The van der Waals surface area contributed by atoms with Crippen molar-refractivity contribution in [2.75, 3.05) is 0 Å². The van der Waals surface area contributed by atoms with Gasteiger partial charge in [-0.3, -0.25) is 18.2 Å². The van der Waals surface area contributed by atoms with Gasteiger partial charge in [0.25, 0.3) is 0 Å². The topological polar surface area (TPSA) is 235 Å². The summed E-state index contributed by atoms with van der Waals surface area (Å²) in [5.41, 5.74) is 0. The molecule has 0 unspecified atom stereocenters. The number of hydrogen-bond acceptors (Lipinski definition) is 9. The van der Waals surface area contributed by atoms with E-state index in [0.717, 1.165) is 0 Å². The molecule has 0 atom stereocenters.